The molecule has 1 rings (SSSR count). The van der Waals surface area contributed by atoms with Crippen molar-refractivity contribution in [2.45, 2.75) is 13.3 Å². The van der Waals surface area contributed by atoms with E-state index in [1.165, 1.54) is 0 Å². The van der Waals surface area contributed by atoms with Crippen LogP contribution in [0.25, 0.3) is 0 Å². The standard InChI is InChI=1S/C10H14N2O2/c1-2-7-14-9-6-4-3-5-8(9)10(13)12-11/h3-6H,2,7,11H2,1H3,(H,12,13). The maximum atomic E-state index is 11.3. The van der Waals surface area contributed by atoms with Crippen molar-refractivity contribution in [3.8, 4) is 5.75 Å². The summed E-state index contributed by atoms with van der Waals surface area (Å²) in [6, 6.07) is 7.01. The largest absolute Gasteiger partial charge is 0.493 e. The lowest BCUT2D eigenvalue weighted by Gasteiger charge is -2.08. The Balaban J connectivity index is 2.85. The number of carbonyl (C=O) groups excluding carboxylic acids is 1. The van der Waals surface area contributed by atoms with Crippen LogP contribution in [0.15, 0.2) is 24.3 Å². The van der Waals surface area contributed by atoms with Crippen LogP contribution in [0, 0.1) is 0 Å². The van der Waals surface area contributed by atoms with E-state index in [4.69, 9.17) is 10.6 Å². The SMILES string of the molecule is CCCOc1ccccc1C(=O)NN. The molecule has 0 spiro atoms. The lowest BCUT2D eigenvalue weighted by atomic mass is 10.2. The number of rotatable bonds is 4. The molecule has 0 atom stereocenters. The van der Waals surface area contributed by atoms with Gasteiger partial charge in [0.1, 0.15) is 5.75 Å². The number of hydrogen-bond acceptors (Lipinski definition) is 3. The van der Waals surface area contributed by atoms with Crippen molar-refractivity contribution in [1.29, 1.82) is 0 Å². The van der Waals surface area contributed by atoms with Crippen LogP contribution in [0.4, 0.5) is 0 Å². The van der Waals surface area contributed by atoms with Gasteiger partial charge in [-0.3, -0.25) is 10.2 Å². The van der Waals surface area contributed by atoms with E-state index < -0.39 is 0 Å². The van der Waals surface area contributed by atoms with Crippen molar-refractivity contribution in [1.82, 2.24) is 5.43 Å². The summed E-state index contributed by atoms with van der Waals surface area (Å²) < 4.78 is 5.39. The molecule has 1 aromatic carbocycles. The number of hydrazine groups is 1. The first-order valence-corrected chi connectivity index (χ1v) is 4.52. The lowest BCUT2D eigenvalue weighted by Crippen LogP contribution is -2.30. The van der Waals surface area contributed by atoms with Crippen molar-refractivity contribution in [3.63, 3.8) is 0 Å². The van der Waals surface area contributed by atoms with Crippen molar-refractivity contribution in [2.24, 2.45) is 5.84 Å². The molecule has 0 unspecified atom stereocenters. The summed E-state index contributed by atoms with van der Waals surface area (Å²) in [6.45, 7) is 2.60. The number of hydrogen-bond donors (Lipinski definition) is 2. The molecule has 1 amide bonds. The van der Waals surface area contributed by atoms with Gasteiger partial charge in [0, 0.05) is 0 Å². The Morgan fingerprint density at radius 3 is 2.86 bits per heavy atom. The summed E-state index contributed by atoms with van der Waals surface area (Å²) in [6.07, 6.45) is 0.901. The summed E-state index contributed by atoms with van der Waals surface area (Å²) in [4.78, 5) is 11.3. The van der Waals surface area contributed by atoms with E-state index in [0.717, 1.165) is 6.42 Å². The van der Waals surface area contributed by atoms with Gasteiger partial charge in [-0.1, -0.05) is 19.1 Å². The number of para-hydroxylation sites is 1. The van der Waals surface area contributed by atoms with Crippen LogP contribution < -0.4 is 16.0 Å². The molecule has 0 aliphatic rings. The van der Waals surface area contributed by atoms with E-state index in [2.05, 4.69) is 5.43 Å². The normalized spacial score (nSPS) is 9.57. The van der Waals surface area contributed by atoms with Gasteiger partial charge < -0.3 is 4.74 Å². The Hall–Kier alpha value is -1.55. The minimum absolute atomic E-state index is 0.336. The molecule has 0 aliphatic carbocycles. The minimum atomic E-state index is -0.336. The average Bonchev–Trinajstić information content (AvgIpc) is 2.25. The summed E-state index contributed by atoms with van der Waals surface area (Å²) in [5.74, 6) is 5.28. The number of nitrogens with one attached hydrogen (secondary N) is 1. The highest BCUT2D eigenvalue weighted by Crippen LogP contribution is 2.17. The van der Waals surface area contributed by atoms with Crippen molar-refractivity contribution in [3.05, 3.63) is 29.8 Å². The van der Waals surface area contributed by atoms with Gasteiger partial charge in [-0.05, 0) is 18.6 Å². The minimum Gasteiger partial charge on any atom is -0.493 e. The highest BCUT2D eigenvalue weighted by atomic mass is 16.5. The quantitative estimate of drug-likeness (QED) is 0.428. The molecular formula is C10H14N2O2. The van der Waals surface area contributed by atoms with Gasteiger partial charge in [-0.25, -0.2) is 5.84 Å². The Bertz CT molecular complexity index is 313. The third kappa shape index (κ3) is 2.47. The zero-order valence-corrected chi connectivity index (χ0v) is 8.12. The first-order chi connectivity index (χ1) is 6.79. The third-order valence-electron chi connectivity index (χ3n) is 1.72. The van der Waals surface area contributed by atoms with E-state index in [1.54, 1.807) is 18.2 Å². The van der Waals surface area contributed by atoms with Crippen LogP contribution >= 0.6 is 0 Å². The summed E-state index contributed by atoms with van der Waals surface area (Å²) in [7, 11) is 0. The summed E-state index contributed by atoms with van der Waals surface area (Å²) in [5, 5.41) is 0. The van der Waals surface area contributed by atoms with Gasteiger partial charge in [-0.15, -0.1) is 0 Å². The van der Waals surface area contributed by atoms with Crippen LogP contribution in [-0.4, -0.2) is 12.5 Å². The molecular weight excluding hydrogens is 180 g/mol. The Morgan fingerprint density at radius 2 is 2.21 bits per heavy atom. The molecule has 0 bridgehead atoms. The van der Waals surface area contributed by atoms with Gasteiger partial charge in [0.15, 0.2) is 0 Å². The fourth-order valence-corrected chi connectivity index (χ4v) is 1.07. The van der Waals surface area contributed by atoms with E-state index in [9.17, 15) is 4.79 Å². The second kappa shape index (κ2) is 5.24. The number of nitrogen functional groups attached to an aromatic ring is 1. The zero-order chi connectivity index (χ0) is 10.4. The smallest absolute Gasteiger partial charge is 0.268 e. The molecule has 4 nitrogen and oxygen atoms in total. The fourth-order valence-electron chi connectivity index (χ4n) is 1.07. The highest BCUT2D eigenvalue weighted by molar-refractivity contribution is 5.96. The zero-order valence-electron chi connectivity index (χ0n) is 8.12. The Kier molecular flexibility index (Phi) is 3.94. The molecule has 76 valence electrons. The molecule has 0 aliphatic heterocycles. The first-order valence-electron chi connectivity index (χ1n) is 4.52. The second-order valence-corrected chi connectivity index (χ2v) is 2.82. The van der Waals surface area contributed by atoms with Gasteiger partial charge in [-0.2, -0.15) is 0 Å². The van der Waals surface area contributed by atoms with Crippen LogP contribution in [0.5, 0.6) is 5.75 Å². The number of nitrogens with two attached hydrogens (primary N) is 1. The highest BCUT2D eigenvalue weighted by Gasteiger charge is 2.09. The average molecular weight is 194 g/mol. The summed E-state index contributed by atoms with van der Waals surface area (Å²) >= 11 is 0. The van der Waals surface area contributed by atoms with Gasteiger partial charge >= 0.3 is 0 Å². The lowest BCUT2D eigenvalue weighted by molar-refractivity contribution is 0.0949. The van der Waals surface area contributed by atoms with Gasteiger partial charge in [0.25, 0.3) is 5.91 Å². The van der Waals surface area contributed by atoms with Gasteiger partial charge in [0.2, 0.25) is 0 Å². The Morgan fingerprint density at radius 1 is 1.50 bits per heavy atom. The second-order valence-electron chi connectivity index (χ2n) is 2.82. The molecule has 0 aromatic heterocycles. The third-order valence-corrected chi connectivity index (χ3v) is 1.72. The molecule has 3 N–H and O–H groups in total. The van der Waals surface area contributed by atoms with Gasteiger partial charge in [0.05, 0.1) is 12.2 Å². The molecule has 4 heteroatoms. The molecule has 0 radical (unpaired) electrons. The predicted octanol–water partition coefficient (Wildman–Crippen LogP) is 1.08. The number of ether oxygens (including phenoxy) is 1. The van der Waals surface area contributed by atoms with E-state index in [-0.39, 0.29) is 5.91 Å². The van der Waals surface area contributed by atoms with E-state index in [0.29, 0.717) is 17.9 Å². The van der Waals surface area contributed by atoms with Crippen molar-refractivity contribution < 1.29 is 9.53 Å². The van der Waals surface area contributed by atoms with Crippen molar-refractivity contribution in [2.75, 3.05) is 6.61 Å². The van der Waals surface area contributed by atoms with Crippen LogP contribution in [0.1, 0.15) is 23.7 Å². The maximum absolute atomic E-state index is 11.3. The van der Waals surface area contributed by atoms with Crippen LogP contribution in [0.2, 0.25) is 0 Å². The molecule has 0 saturated carbocycles. The van der Waals surface area contributed by atoms with Crippen LogP contribution in [0.3, 0.4) is 0 Å². The number of amides is 1. The van der Waals surface area contributed by atoms with Crippen molar-refractivity contribution >= 4 is 5.91 Å². The topological polar surface area (TPSA) is 64.3 Å². The Labute approximate surface area is 83.0 Å². The summed E-state index contributed by atoms with van der Waals surface area (Å²) in [5.41, 5.74) is 2.54. The molecule has 0 fully saturated rings. The molecule has 14 heavy (non-hydrogen) atoms. The number of carbonyl (C=O) groups is 1. The predicted molar refractivity (Wildman–Crippen MR) is 53.9 cm³/mol. The van der Waals surface area contributed by atoms with E-state index in [1.807, 2.05) is 13.0 Å². The number of benzene rings is 1. The maximum Gasteiger partial charge on any atom is 0.268 e. The molecule has 1 aromatic rings. The van der Waals surface area contributed by atoms with Crippen LogP contribution in [-0.2, 0) is 0 Å². The van der Waals surface area contributed by atoms with E-state index >= 15 is 0 Å². The molecule has 0 saturated heterocycles. The molecule has 0 heterocycles. The first kappa shape index (κ1) is 10.5. The fraction of sp³-hybridized carbons (Fsp3) is 0.300. The monoisotopic (exact) mass is 194 g/mol.